The molecule has 0 fully saturated rings. The van der Waals surface area contributed by atoms with Crippen molar-refractivity contribution in [3.05, 3.63) is 64.4 Å². The first-order valence-corrected chi connectivity index (χ1v) is 9.66. The van der Waals surface area contributed by atoms with Crippen molar-refractivity contribution in [2.45, 2.75) is 26.4 Å². The second-order valence-corrected chi connectivity index (χ2v) is 7.38. The van der Waals surface area contributed by atoms with E-state index in [0.717, 1.165) is 11.3 Å². The van der Waals surface area contributed by atoms with Crippen LogP contribution in [0.15, 0.2) is 53.5 Å². The zero-order chi connectivity index (χ0) is 20.4. The van der Waals surface area contributed by atoms with E-state index in [-0.39, 0.29) is 29.8 Å². The third-order valence-corrected chi connectivity index (χ3v) is 4.96. The van der Waals surface area contributed by atoms with Gasteiger partial charge in [0.1, 0.15) is 19.8 Å². The molecule has 7 nitrogen and oxygen atoms in total. The van der Waals surface area contributed by atoms with Gasteiger partial charge in [-0.2, -0.15) is 5.10 Å². The number of para-hydroxylation sites is 1. The van der Waals surface area contributed by atoms with Gasteiger partial charge in [0.25, 0.3) is 0 Å². The molecule has 1 aliphatic rings. The highest BCUT2D eigenvalue weighted by molar-refractivity contribution is 5.81. The Balaban J connectivity index is 1.56. The van der Waals surface area contributed by atoms with Crippen molar-refractivity contribution in [2.24, 2.45) is 5.92 Å². The zero-order valence-corrected chi connectivity index (χ0v) is 16.4. The van der Waals surface area contributed by atoms with Gasteiger partial charge in [-0.1, -0.05) is 32.0 Å². The SMILES string of the molecule is CC(C)C(NC(=O)Cn1ncc(=O)c2ccccc21)c1ccc2c(c1)OCCO2. The van der Waals surface area contributed by atoms with Crippen LogP contribution < -0.4 is 20.2 Å². The molecule has 1 amide bonds. The molecule has 0 aliphatic carbocycles. The summed E-state index contributed by atoms with van der Waals surface area (Å²) >= 11 is 0. The van der Waals surface area contributed by atoms with Crippen molar-refractivity contribution in [1.82, 2.24) is 15.1 Å². The molecule has 7 heteroatoms. The number of carbonyl (C=O) groups excluding carboxylic acids is 1. The second kappa shape index (κ2) is 7.95. The number of aromatic nitrogens is 2. The van der Waals surface area contributed by atoms with E-state index < -0.39 is 0 Å². The summed E-state index contributed by atoms with van der Waals surface area (Å²) in [5.41, 5.74) is 1.43. The number of nitrogens with zero attached hydrogens (tertiary/aromatic N) is 2. The summed E-state index contributed by atoms with van der Waals surface area (Å²) < 4.78 is 12.8. The minimum absolute atomic E-state index is 0.0224. The number of nitrogens with one attached hydrogen (secondary N) is 1. The molecular weight excluding hydrogens is 370 g/mol. The van der Waals surface area contributed by atoms with Crippen LogP contribution in [0, 0.1) is 5.92 Å². The molecule has 1 aliphatic heterocycles. The highest BCUT2D eigenvalue weighted by Crippen LogP contribution is 2.34. The van der Waals surface area contributed by atoms with Gasteiger partial charge in [0, 0.05) is 5.39 Å². The fourth-order valence-electron chi connectivity index (χ4n) is 3.53. The topological polar surface area (TPSA) is 82.5 Å². The fraction of sp³-hybridized carbons (Fsp3) is 0.318. The number of carbonyl (C=O) groups is 1. The van der Waals surface area contributed by atoms with Gasteiger partial charge in [-0.05, 0) is 35.7 Å². The van der Waals surface area contributed by atoms with E-state index >= 15 is 0 Å². The summed E-state index contributed by atoms with van der Waals surface area (Å²) in [6, 6.07) is 12.7. The summed E-state index contributed by atoms with van der Waals surface area (Å²) in [5.74, 6) is 1.40. The molecule has 3 aromatic rings. The zero-order valence-electron chi connectivity index (χ0n) is 16.4. The summed E-state index contributed by atoms with van der Waals surface area (Å²) in [5, 5.41) is 7.77. The number of fused-ring (bicyclic) bond motifs is 2. The van der Waals surface area contributed by atoms with Crippen molar-refractivity contribution in [3.8, 4) is 11.5 Å². The average Bonchev–Trinajstić information content (AvgIpc) is 2.74. The smallest absolute Gasteiger partial charge is 0.242 e. The number of hydrogen-bond acceptors (Lipinski definition) is 5. The maximum absolute atomic E-state index is 12.8. The number of benzene rings is 2. The minimum Gasteiger partial charge on any atom is -0.486 e. The second-order valence-electron chi connectivity index (χ2n) is 7.38. The highest BCUT2D eigenvalue weighted by atomic mass is 16.6. The lowest BCUT2D eigenvalue weighted by atomic mass is 9.95. The number of hydrogen-bond donors (Lipinski definition) is 1. The van der Waals surface area contributed by atoms with E-state index in [1.54, 1.807) is 22.9 Å². The molecule has 0 radical (unpaired) electrons. The van der Waals surface area contributed by atoms with Gasteiger partial charge in [0.2, 0.25) is 11.3 Å². The largest absolute Gasteiger partial charge is 0.486 e. The van der Waals surface area contributed by atoms with Crippen LogP contribution in [-0.4, -0.2) is 28.9 Å². The Labute approximate surface area is 168 Å². The van der Waals surface area contributed by atoms with Crippen molar-refractivity contribution in [1.29, 1.82) is 0 Å². The summed E-state index contributed by atoms with van der Waals surface area (Å²) in [4.78, 5) is 24.8. The van der Waals surface area contributed by atoms with E-state index in [1.807, 2.05) is 24.3 Å². The Morgan fingerprint density at radius 1 is 1.14 bits per heavy atom. The molecule has 2 aromatic carbocycles. The Morgan fingerprint density at radius 2 is 1.90 bits per heavy atom. The first-order valence-electron chi connectivity index (χ1n) is 9.66. The normalized spacial score (nSPS) is 14.0. The molecule has 1 unspecified atom stereocenters. The number of amides is 1. The third kappa shape index (κ3) is 3.94. The Bertz CT molecular complexity index is 1110. The van der Waals surface area contributed by atoms with Gasteiger partial charge in [-0.3, -0.25) is 14.3 Å². The quantitative estimate of drug-likeness (QED) is 0.721. The molecule has 1 N–H and O–H groups in total. The summed E-state index contributed by atoms with van der Waals surface area (Å²) in [6.45, 7) is 5.18. The maximum Gasteiger partial charge on any atom is 0.242 e. The van der Waals surface area contributed by atoms with Crippen LogP contribution >= 0.6 is 0 Å². The van der Waals surface area contributed by atoms with E-state index in [2.05, 4.69) is 24.3 Å². The van der Waals surface area contributed by atoms with Crippen LogP contribution in [0.1, 0.15) is 25.5 Å². The average molecular weight is 393 g/mol. The van der Waals surface area contributed by atoms with Gasteiger partial charge in [-0.15, -0.1) is 0 Å². The summed E-state index contributed by atoms with van der Waals surface area (Å²) in [6.07, 6.45) is 1.25. The fourth-order valence-corrected chi connectivity index (χ4v) is 3.53. The van der Waals surface area contributed by atoms with E-state index in [1.165, 1.54) is 6.20 Å². The van der Waals surface area contributed by atoms with Crippen LogP contribution in [-0.2, 0) is 11.3 Å². The first kappa shape index (κ1) is 19.0. The van der Waals surface area contributed by atoms with Crippen molar-refractivity contribution in [2.75, 3.05) is 13.2 Å². The monoisotopic (exact) mass is 393 g/mol. The van der Waals surface area contributed by atoms with Crippen LogP contribution in [0.2, 0.25) is 0 Å². The lowest BCUT2D eigenvalue weighted by Crippen LogP contribution is -2.35. The number of rotatable bonds is 5. The predicted octanol–water partition coefficient (Wildman–Crippen LogP) is 2.68. The first-order chi connectivity index (χ1) is 14.0. The maximum atomic E-state index is 12.8. The van der Waals surface area contributed by atoms with Gasteiger partial charge in [-0.25, -0.2) is 0 Å². The van der Waals surface area contributed by atoms with E-state index in [0.29, 0.717) is 29.9 Å². The summed E-state index contributed by atoms with van der Waals surface area (Å²) in [7, 11) is 0. The van der Waals surface area contributed by atoms with Gasteiger partial charge < -0.3 is 14.8 Å². The molecule has 0 saturated heterocycles. The molecule has 0 bridgehead atoms. The Kier molecular flexibility index (Phi) is 5.20. The number of ether oxygens (including phenoxy) is 2. The molecule has 2 heterocycles. The van der Waals surface area contributed by atoms with Crippen molar-refractivity contribution in [3.63, 3.8) is 0 Å². The lowest BCUT2D eigenvalue weighted by molar-refractivity contribution is -0.122. The van der Waals surface area contributed by atoms with Gasteiger partial charge in [0.05, 0.1) is 17.8 Å². The van der Waals surface area contributed by atoms with Gasteiger partial charge >= 0.3 is 0 Å². The van der Waals surface area contributed by atoms with Crippen LogP contribution in [0.3, 0.4) is 0 Å². The van der Waals surface area contributed by atoms with Crippen LogP contribution in [0.5, 0.6) is 11.5 Å². The van der Waals surface area contributed by atoms with Crippen LogP contribution in [0.25, 0.3) is 10.9 Å². The molecule has 1 atom stereocenters. The molecule has 4 rings (SSSR count). The van der Waals surface area contributed by atoms with E-state index in [9.17, 15) is 9.59 Å². The van der Waals surface area contributed by atoms with Crippen LogP contribution in [0.4, 0.5) is 0 Å². The van der Waals surface area contributed by atoms with E-state index in [4.69, 9.17) is 9.47 Å². The minimum atomic E-state index is -0.191. The Morgan fingerprint density at radius 3 is 2.69 bits per heavy atom. The Hall–Kier alpha value is -3.35. The third-order valence-electron chi connectivity index (χ3n) is 4.96. The molecule has 1 aromatic heterocycles. The molecule has 0 saturated carbocycles. The standard InChI is InChI=1S/C22H23N3O4/c1-14(2)22(15-7-8-19-20(11-15)29-10-9-28-19)24-21(27)13-25-17-6-4-3-5-16(17)18(26)12-23-25/h3-8,11-12,14,22H,9-10,13H2,1-2H3,(H,24,27). The predicted molar refractivity (Wildman–Crippen MR) is 109 cm³/mol. The molecule has 150 valence electrons. The van der Waals surface area contributed by atoms with Crippen molar-refractivity contribution < 1.29 is 14.3 Å². The highest BCUT2D eigenvalue weighted by Gasteiger charge is 2.22. The van der Waals surface area contributed by atoms with Gasteiger partial charge in [0.15, 0.2) is 11.5 Å². The molecule has 29 heavy (non-hydrogen) atoms. The molecular formula is C22H23N3O4. The molecule has 0 spiro atoms. The lowest BCUT2D eigenvalue weighted by Gasteiger charge is -2.25. The van der Waals surface area contributed by atoms with Crippen molar-refractivity contribution >= 4 is 16.8 Å².